The molecule has 0 fully saturated rings. The maximum absolute atomic E-state index is 13.4. The van der Waals surface area contributed by atoms with Crippen molar-refractivity contribution >= 4 is 11.8 Å². The van der Waals surface area contributed by atoms with Crippen molar-refractivity contribution in [2.75, 3.05) is 6.54 Å². The van der Waals surface area contributed by atoms with Crippen LogP contribution in [0.15, 0.2) is 54.6 Å². The van der Waals surface area contributed by atoms with E-state index in [0.717, 1.165) is 18.4 Å². The van der Waals surface area contributed by atoms with Gasteiger partial charge in [0.2, 0.25) is 11.8 Å². The molecule has 33 heavy (non-hydrogen) atoms. The smallest absolute Gasteiger partial charge is 0.243 e. The molecule has 0 aromatic heterocycles. The van der Waals surface area contributed by atoms with Crippen LogP contribution in [0.4, 0.5) is 0 Å². The SMILES string of the molecule is CC[C@@H](C)NC(=O)[C@H](CC)N(CCc1ccccc1)C(=O)CCc1ccc(C(C)(C)C)cc1. The second kappa shape index (κ2) is 12.6. The fourth-order valence-electron chi connectivity index (χ4n) is 3.90. The highest BCUT2D eigenvalue weighted by atomic mass is 16.2. The van der Waals surface area contributed by atoms with Crippen LogP contribution >= 0.6 is 0 Å². The van der Waals surface area contributed by atoms with E-state index in [1.165, 1.54) is 11.1 Å². The molecule has 2 atom stereocenters. The fourth-order valence-corrected chi connectivity index (χ4v) is 3.90. The Morgan fingerprint density at radius 3 is 2.03 bits per heavy atom. The van der Waals surface area contributed by atoms with Gasteiger partial charge in [0.1, 0.15) is 6.04 Å². The summed E-state index contributed by atoms with van der Waals surface area (Å²) < 4.78 is 0. The van der Waals surface area contributed by atoms with Crippen molar-refractivity contribution in [2.45, 2.75) is 91.1 Å². The Morgan fingerprint density at radius 2 is 1.48 bits per heavy atom. The molecule has 180 valence electrons. The maximum Gasteiger partial charge on any atom is 0.243 e. The van der Waals surface area contributed by atoms with Crippen LogP contribution in [-0.2, 0) is 27.8 Å². The van der Waals surface area contributed by atoms with Crippen LogP contribution in [0, 0.1) is 0 Å². The Hall–Kier alpha value is -2.62. The quantitative estimate of drug-likeness (QED) is 0.479. The van der Waals surface area contributed by atoms with Gasteiger partial charge < -0.3 is 10.2 Å². The first-order chi connectivity index (χ1) is 15.7. The summed E-state index contributed by atoms with van der Waals surface area (Å²) in [6, 6.07) is 18.3. The van der Waals surface area contributed by atoms with Crippen LogP contribution in [0.25, 0.3) is 0 Å². The van der Waals surface area contributed by atoms with Crippen molar-refractivity contribution in [3.8, 4) is 0 Å². The number of rotatable bonds is 11. The summed E-state index contributed by atoms with van der Waals surface area (Å²) >= 11 is 0. The van der Waals surface area contributed by atoms with E-state index in [0.29, 0.717) is 25.8 Å². The minimum atomic E-state index is -0.446. The predicted octanol–water partition coefficient (Wildman–Crippen LogP) is 5.68. The molecule has 2 aromatic rings. The number of amides is 2. The van der Waals surface area contributed by atoms with Gasteiger partial charge in [0.25, 0.3) is 0 Å². The van der Waals surface area contributed by atoms with Crippen molar-refractivity contribution < 1.29 is 9.59 Å². The number of hydrogen-bond acceptors (Lipinski definition) is 2. The molecule has 0 aliphatic heterocycles. The molecule has 4 heteroatoms. The van der Waals surface area contributed by atoms with Crippen LogP contribution in [0.5, 0.6) is 0 Å². The first-order valence-electron chi connectivity index (χ1n) is 12.4. The third-order valence-electron chi connectivity index (χ3n) is 6.32. The zero-order valence-electron chi connectivity index (χ0n) is 21.4. The van der Waals surface area contributed by atoms with Gasteiger partial charge in [-0.1, -0.05) is 89.2 Å². The van der Waals surface area contributed by atoms with E-state index < -0.39 is 6.04 Å². The van der Waals surface area contributed by atoms with E-state index in [1.807, 2.05) is 32.0 Å². The predicted molar refractivity (Wildman–Crippen MR) is 137 cm³/mol. The highest BCUT2D eigenvalue weighted by Gasteiger charge is 2.28. The lowest BCUT2D eigenvalue weighted by Gasteiger charge is -2.31. The van der Waals surface area contributed by atoms with Crippen LogP contribution in [0.1, 0.15) is 77.5 Å². The second-order valence-corrected chi connectivity index (χ2v) is 10.0. The third-order valence-corrected chi connectivity index (χ3v) is 6.32. The molecule has 2 aromatic carbocycles. The number of nitrogens with zero attached hydrogens (tertiary/aromatic N) is 1. The van der Waals surface area contributed by atoms with E-state index in [4.69, 9.17) is 0 Å². The van der Waals surface area contributed by atoms with Gasteiger partial charge in [-0.3, -0.25) is 9.59 Å². The number of aryl methyl sites for hydroxylation is 1. The zero-order valence-corrected chi connectivity index (χ0v) is 21.4. The minimum absolute atomic E-state index is 0.0389. The van der Waals surface area contributed by atoms with Gasteiger partial charge in [0.15, 0.2) is 0 Å². The van der Waals surface area contributed by atoms with Gasteiger partial charge >= 0.3 is 0 Å². The normalized spacial score (nSPS) is 13.3. The van der Waals surface area contributed by atoms with Crippen LogP contribution in [0.3, 0.4) is 0 Å². The third kappa shape index (κ3) is 8.34. The fraction of sp³-hybridized carbons (Fsp3) is 0.517. The molecule has 0 aliphatic carbocycles. The largest absolute Gasteiger partial charge is 0.352 e. The second-order valence-electron chi connectivity index (χ2n) is 10.0. The van der Waals surface area contributed by atoms with Crippen LogP contribution < -0.4 is 5.32 Å². The molecular weight excluding hydrogens is 408 g/mol. The van der Waals surface area contributed by atoms with Gasteiger partial charge in [-0.05, 0) is 54.7 Å². The van der Waals surface area contributed by atoms with Crippen molar-refractivity contribution in [2.24, 2.45) is 0 Å². The molecule has 0 unspecified atom stereocenters. The molecule has 0 spiro atoms. The Kier molecular flexibility index (Phi) is 10.1. The summed E-state index contributed by atoms with van der Waals surface area (Å²) in [5, 5.41) is 3.08. The van der Waals surface area contributed by atoms with E-state index in [-0.39, 0.29) is 23.3 Å². The highest BCUT2D eigenvalue weighted by molar-refractivity contribution is 5.88. The van der Waals surface area contributed by atoms with Crippen LogP contribution in [-0.4, -0.2) is 35.3 Å². The average molecular weight is 451 g/mol. The van der Waals surface area contributed by atoms with Crippen molar-refractivity contribution in [3.05, 3.63) is 71.3 Å². The molecule has 0 saturated heterocycles. The topological polar surface area (TPSA) is 49.4 Å². The van der Waals surface area contributed by atoms with Gasteiger partial charge in [-0.2, -0.15) is 0 Å². The van der Waals surface area contributed by atoms with Crippen molar-refractivity contribution in [3.63, 3.8) is 0 Å². The number of carbonyl (C=O) groups is 2. The molecule has 2 rings (SSSR count). The number of carbonyl (C=O) groups excluding carboxylic acids is 2. The number of nitrogens with one attached hydrogen (secondary N) is 1. The summed E-state index contributed by atoms with van der Waals surface area (Å²) in [5.41, 5.74) is 3.72. The first-order valence-corrected chi connectivity index (χ1v) is 12.4. The first kappa shape index (κ1) is 26.6. The van der Waals surface area contributed by atoms with E-state index in [1.54, 1.807) is 4.90 Å². The minimum Gasteiger partial charge on any atom is -0.352 e. The molecule has 2 amide bonds. The Morgan fingerprint density at radius 1 is 0.879 bits per heavy atom. The lowest BCUT2D eigenvalue weighted by molar-refractivity contribution is -0.141. The van der Waals surface area contributed by atoms with Gasteiger partial charge in [0.05, 0.1) is 0 Å². The van der Waals surface area contributed by atoms with Crippen molar-refractivity contribution in [1.29, 1.82) is 0 Å². The van der Waals surface area contributed by atoms with E-state index in [9.17, 15) is 9.59 Å². The number of hydrogen-bond donors (Lipinski definition) is 1. The monoisotopic (exact) mass is 450 g/mol. The van der Waals surface area contributed by atoms with E-state index >= 15 is 0 Å². The van der Waals surface area contributed by atoms with Crippen molar-refractivity contribution in [1.82, 2.24) is 10.2 Å². The molecule has 0 radical (unpaired) electrons. The maximum atomic E-state index is 13.4. The summed E-state index contributed by atoms with van der Waals surface area (Å²) in [6.45, 7) is 13.2. The Bertz CT molecular complexity index is 869. The molecule has 0 aliphatic rings. The van der Waals surface area contributed by atoms with Gasteiger partial charge in [-0.15, -0.1) is 0 Å². The summed E-state index contributed by atoms with van der Waals surface area (Å²) in [4.78, 5) is 28.2. The summed E-state index contributed by atoms with van der Waals surface area (Å²) in [5.74, 6) is -0.0141. The average Bonchev–Trinajstić information content (AvgIpc) is 2.80. The standard InChI is InChI=1S/C29H42N2O2/c1-7-22(3)30-28(33)26(8-2)31(21-20-23-12-10-9-11-13-23)27(32)19-16-24-14-17-25(18-15-24)29(4,5)6/h9-15,17-18,22,26H,7-8,16,19-21H2,1-6H3,(H,30,33)/t22-,26+/m1/s1. The van der Waals surface area contributed by atoms with Gasteiger partial charge in [-0.25, -0.2) is 0 Å². The zero-order chi connectivity index (χ0) is 24.4. The van der Waals surface area contributed by atoms with Gasteiger partial charge in [0, 0.05) is 19.0 Å². The molecule has 4 nitrogen and oxygen atoms in total. The van der Waals surface area contributed by atoms with Crippen LogP contribution in [0.2, 0.25) is 0 Å². The number of benzene rings is 2. The Balaban J connectivity index is 2.12. The Labute approximate surface area is 200 Å². The molecular formula is C29H42N2O2. The molecule has 0 heterocycles. The van der Waals surface area contributed by atoms with E-state index in [2.05, 4.69) is 69.4 Å². The molecule has 1 N–H and O–H groups in total. The molecule has 0 bridgehead atoms. The summed E-state index contributed by atoms with van der Waals surface area (Å²) in [6.07, 6.45) is 3.28. The lowest BCUT2D eigenvalue weighted by Crippen LogP contribution is -2.51. The highest BCUT2D eigenvalue weighted by Crippen LogP contribution is 2.22. The summed E-state index contributed by atoms with van der Waals surface area (Å²) in [7, 11) is 0. The molecule has 0 saturated carbocycles. The lowest BCUT2D eigenvalue weighted by atomic mass is 9.86.